The molecule has 11 nitrogen and oxygen atoms in total. The highest BCUT2D eigenvalue weighted by Gasteiger charge is 2.18. The van der Waals surface area contributed by atoms with Crippen molar-refractivity contribution in [2.45, 2.75) is 17.7 Å². The fourth-order valence-electron chi connectivity index (χ4n) is 3.65. The van der Waals surface area contributed by atoms with Gasteiger partial charge >= 0.3 is 16.1 Å². The molecule has 0 radical (unpaired) electrons. The van der Waals surface area contributed by atoms with Crippen LogP contribution in [0.15, 0.2) is 47.4 Å². The van der Waals surface area contributed by atoms with Crippen molar-refractivity contribution in [2.75, 3.05) is 50.7 Å². The van der Waals surface area contributed by atoms with Crippen LogP contribution < -0.4 is 20.1 Å². The van der Waals surface area contributed by atoms with Gasteiger partial charge in [0, 0.05) is 45.2 Å². The van der Waals surface area contributed by atoms with E-state index in [4.69, 9.17) is 13.7 Å². The number of imidazole rings is 1. The van der Waals surface area contributed by atoms with Crippen LogP contribution in [0.25, 0.3) is 11.0 Å². The number of anilines is 2. The Balaban J connectivity index is 1.36. The summed E-state index contributed by atoms with van der Waals surface area (Å²) in [4.78, 5) is 19.1. The van der Waals surface area contributed by atoms with Crippen LogP contribution in [-0.4, -0.2) is 64.4 Å². The molecule has 0 atom stereocenters. The quantitative estimate of drug-likeness (QED) is 0.244. The minimum Gasteiger partial charge on any atom is -0.385 e. The molecule has 12 heteroatoms. The molecule has 4 N–H and O–H groups in total. The second-order valence-electron chi connectivity index (χ2n) is 8.14. The number of urea groups is 1. The van der Waals surface area contributed by atoms with Crippen molar-refractivity contribution in [3.8, 4) is 5.75 Å². The predicted molar refractivity (Wildman–Crippen MR) is 131 cm³/mol. The van der Waals surface area contributed by atoms with Gasteiger partial charge in [-0.2, -0.15) is 8.42 Å². The van der Waals surface area contributed by atoms with Crippen molar-refractivity contribution < 1.29 is 26.9 Å². The number of aromatic amines is 1. The van der Waals surface area contributed by atoms with Crippen LogP contribution in [0.5, 0.6) is 5.75 Å². The number of aromatic nitrogens is 2. The van der Waals surface area contributed by atoms with Gasteiger partial charge in [0.05, 0.1) is 17.6 Å². The topological polar surface area (TPSA) is 144 Å². The Hall–Kier alpha value is -3.35. The zero-order valence-corrected chi connectivity index (χ0v) is 20.2. The molecule has 0 spiro atoms. The number of fused-ring (bicyclic) bond motifs is 1. The molecular weight excluding hydrogens is 474 g/mol. The largest absolute Gasteiger partial charge is 0.385 e. The van der Waals surface area contributed by atoms with Crippen LogP contribution >= 0.6 is 0 Å². The third kappa shape index (κ3) is 6.84. The van der Waals surface area contributed by atoms with E-state index < -0.39 is 16.1 Å². The predicted octanol–water partition coefficient (Wildman–Crippen LogP) is 2.94. The minimum atomic E-state index is -4.03. The summed E-state index contributed by atoms with van der Waals surface area (Å²) in [5.74, 6) is 0.895. The lowest BCUT2D eigenvalue weighted by Crippen LogP contribution is -2.31. The molecule has 1 fully saturated rings. The maximum Gasteiger partial charge on any atom is 0.339 e. The van der Waals surface area contributed by atoms with E-state index in [-0.39, 0.29) is 16.6 Å². The van der Waals surface area contributed by atoms with Gasteiger partial charge < -0.3 is 29.3 Å². The Morgan fingerprint density at radius 1 is 1.17 bits per heavy atom. The number of hydrogen-bond donors (Lipinski definition) is 4. The Morgan fingerprint density at radius 2 is 1.94 bits per heavy atom. The Labute approximate surface area is 203 Å². The number of ether oxygens (including phenoxy) is 2. The number of methoxy groups -OCH3 is 1. The standard InChI is InChI=1S/C23H29N5O6S/c1-32-13-10-24-23(29)28-22-26-20-7-4-18(14-21(20)27-22)34-35(30,31)19-5-2-17(3-6-19)25-15-16-8-11-33-12-9-16/h2-7,14,16,25H,8-13,15H2,1H3,(H3,24,26,27,28,29). The molecule has 1 aliphatic rings. The molecule has 2 heterocycles. The van der Waals surface area contributed by atoms with Gasteiger partial charge in [0.25, 0.3) is 0 Å². The smallest absolute Gasteiger partial charge is 0.339 e. The molecule has 1 aromatic heterocycles. The Kier molecular flexibility index (Phi) is 8.06. The summed E-state index contributed by atoms with van der Waals surface area (Å²) in [6.45, 7) is 3.13. The highest BCUT2D eigenvalue weighted by molar-refractivity contribution is 7.87. The lowest BCUT2D eigenvalue weighted by Gasteiger charge is -2.22. The first-order valence-corrected chi connectivity index (χ1v) is 12.7. The molecule has 4 rings (SSSR count). The summed E-state index contributed by atoms with van der Waals surface area (Å²) < 4.78 is 41.1. The van der Waals surface area contributed by atoms with Crippen LogP contribution in [0.2, 0.25) is 0 Å². The van der Waals surface area contributed by atoms with Gasteiger partial charge in [0.1, 0.15) is 10.6 Å². The first-order valence-electron chi connectivity index (χ1n) is 11.3. The van der Waals surface area contributed by atoms with Crippen molar-refractivity contribution in [1.82, 2.24) is 15.3 Å². The van der Waals surface area contributed by atoms with Crippen molar-refractivity contribution >= 4 is 38.8 Å². The molecule has 2 aromatic carbocycles. The highest BCUT2D eigenvalue weighted by atomic mass is 32.2. The van der Waals surface area contributed by atoms with Crippen molar-refractivity contribution in [1.29, 1.82) is 0 Å². The monoisotopic (exact) mass is 503 g/mol. The summed E-state index contributed by atoms with van der Waals surface area (Å²) in [5, 5.41) is 8.54. The lowest BCUT2D eigenvalue weighted by atomic mass is 10.0. The van der Waals surface area contributed by atoms with E-state index in [1.54, 1.807) is 25.3 Å². The Bertz CT molecular complexity index is 1240. The van der Waals surface area contributed by atoms with Gasteiger partial charge in [-0.1, -0.05) is 0 Å². The molecule has 188 valence electrons. The SMILES string of the molecule is COCCNC(=O)Nc1nc2ccc(OS(=O)(=O)c3ccc(NCC4CCOCC4)cc3)cc2[nH]1. The molecule has 2 amide bonds. The van der Waals surface area contributed by atoms with Crippen molar-refractivity contribution in [3.05, 3.63) is 42.5 Å². The average Bonchev–Trinajstić information content (AvgIpc) is 3.25. The van der Waals surface area contributed by atoms with Gasteiger partial charge in [-0.05, 0) is 55.2 Å². The second-order valence-corrected chi connectivity index (χ2v) is 9.68. The van der Waals surface area contributed by atoms with Crippen molar-refractivity contribution in [3.63, 3.8) is 0 Å². The summed E-state index contributed by atoms with van der Waals surface area (Å²) in [6, 6.07) is 10.7. The molecular formula is C23H29N5O6S. The average molecular weight is 504 g/mol. The fourth-order valence-corrected chi connectivity index (χ4v) is 4.57. The molecule has 0 bridgehead atoms. The molecule has 1 saturated heterocycles. The van der Waals surface area contributed by atoms with Crippen LogP contribution in [0.4, 0.5) is 16.4 Å². The maximum absolute atomic E-state index is 12.8. The molecule has 35 heavy (non-hydrogen) atoms. The number of carbonyl (C=O) groups is 1. The van der Waals surface area contributed by atoms with E-state index in [1.165, 1.54) is 24.3 Å². The van der Waals surface area contributed by atoms with E-state index in [9.17, 15) is 13.2 Å². The zero-order valence-electron chi connectivity index (χ0n) is 19.4. The zero-order chi connectivity index (χ0) is 24.7. The minimum absolute atomic E-state index is 0.0499. The summed E-state index contributed by atoms with van der Waals surface area (Å²) in [6.07, 6.45) is 2.04. The van der Waals surface area contributed by atoms with E-state index in [1.807, 2.05) is 0 Å². The number of hydrogen-bond acceptors (Lipinski definition) is 8. The second kappa shape index (κ2) is 11.4. The lowest BCUT2D eigenvalue weighted by molar-refractivity contribution is 0.0699. The number of amides is 2. The number of benzene rings is 2. The van der Waals surface area contributed by atoms with Crippen molar-refractivity contribution in [2.24, 2.45) is 5.92 Å². The van der Waals surface area contributed by atoms with Crippen LogP contribution in [0.3, 0.4) is 0 Å². The van der Waals surface area contributed by atoms with Gasteiger partial charge in [-0.15, -0.1) is 0 Å². The molecule has 0 aliphatic carbocycles. The maximum atomic E-state index is 12.8. The third-order valence-electron chi connectivity index (χ3n) is 5.56. The van der Waals surface area contributed by atoms with E-state index in [0.29, 0.717) is 30.1 Å². The number of nitrogens with one attached hydrogen (secondary N) is 4. The van der Waals surface area contributed by atoms with Gasteiger partial charge in [0.15, 0.2) is 0 Å². The van der Waals surface area contributed by atoms with Crippen LogP contribution in [0.1, 0.15) is 12.8 Å². The number of nitrogens with zero attached hydrogens (tertiary/aromatic N) is 1. The summed E-state index contributed by atoms with van der Waals surface area (Å²) in [5.41, 5.74) is 1.90. The highest BCUT2D eigenvalue weighted by Crippen LogP contribution is 2.25. The molecule has 0 saturated carbocycles. The van der Waals surface area contributed by atoms with Gasteiger partial charge in [-0.3, -0.25) is 5.32 Å². The third-order valence-corrected chi connectivity index (χ3v) is 6.82. The number of H-pyrrole nitrogens is 1. The first kappa shape index (κ1) is 24.8. The molecule has 1 aliphatic heterocycles. The molecule has 0 unspecified atom stereocenters. The van der Waals surface area contributed by atoms with Crippen LogP contribution in [0, 0.1) is 5.92 Å². The van der Waals surface area contributed by atoms with Gasteiger partial charge in [0.2, 0.25) is 5.95 Å². The normalized spacial score (nSPS) is 14.5. The van der Waals surface area contributed by atoms with Crippen LogP contribution in [-0.2, 0) is 19.6 Å². The first-order chi connectivity index (χ1) is 16.9. The molecule has 3 aromatic rings. The van der Waals surface area contributed by atoms with E-state index >= 15 is 0 Å². The fraction of sp³-hybridized carbons (Fsp3) is 0.391. The van der Waals surface area contributed by atoms with E-state index in [0.717, 1.165) is 38.3 Å². The van der Waals surface area contributed by atoms with E-state index in [2.05, 4.69) is 25.9 Å². The van der Waals surface area contributed by atoms with Gasteiger partial charge in [-0.25, -0.2) is 9.78 Å². The number of carbonyl (C=O) groups excluding carboxylic acids is 1. The summed E-state index contributed by atoms with van der Waals surface area (Å²) >= 11 is 0. The summed E-state index contributed by atoms with van der Waals surface area (Å²) in [7, 11) is -2.49. The Morgan fingerprint density at radius 3 is 2.69 bits per heavy atom. The number of rotatable bonds is 10.